The van der Waals surface area contributed by atoms with Crippen molar-refractivity contribution in [2.75, 3.05) is 12.4 Å². The Morgan fingerprint density at radius 3 is 2.72 bits per heavy atom. The third-order valence-corrected chi connectivity index (χ3v) is 3.99. The number of rotatable bonds is 4. The van der Waals surface area contributed by atoms with E-state index in [0.717, 1.165) is 28.0 Å². The van der Waals surface area contributed by atoms with Crippen LogP contribution in [0, 0.1) is 6.92 Å². The maximum absolute atomic E-state index is 5.33. The van der Waals surface area contributed by atoms with Crippen LogP contribution in [0.5, 0.6) is 5.75 Å². The van der Waals surface area contributed by atoms with Gasteiger partial charge in [-0.2, -0.15) is 5.10 Å². The molecule has 0 bridgehead atoms. The van der Waals surface area contributed by atoms with E-state index in [4.69, 9.17) is 17.0 Å². The number of ether oxygens (including phenoxy) is 1. The summed E-state index contributed by atoms with van der Waals surface area (Å²) in [6, 6.07) is 20.2. The van der Waals surface area contributed by atoms with Gasteiger partial charge in [0.05, 0.1) is 19.0 Å². The fraction of sp³-hybridized carbons (Fsp3) is 0.100. The minimum absolute atomic E-state index is 0.403. The molecule has 3 aromatic rings. The largest absolute Gasteiger partial charge is 0.495 e. The van der Waals surface area contributed by atoms with Crippen LogP contribution < -0.4 is 15.5 Å². The van der Waals surface area contributed by atoms with Gasteiger partial charge in [-0.25, -0.2) is 0 Å². The van der Waals surface area contributed by atoms with Crippen molar-refractivity contribution in [2.24, 2.45) is 5.10 Å². The zero-order valence-electron chi connectivity index (χ0n) is 14.1. The summed E-state index contributed by atoms with van der Waals surface area (Å²) in [7, 11) is 1.63. The minimum atomic E-state index is 0.403. The second kappa shape index (κ2) is 7.77. The molecule has 0 unspecified atom stereocenters. The van der Waals surface area contributed by atoms with E-state index in [1.165, 1.54) is 5.39 Å². The van der Waals surface area contributed by atoms with Crippen molar-refractivity contribution < 1.29 is 4.74 Å². The SMILES string of the molecule is COc1ccc(C)cc1NC(=S)N/N=C\c1cccc2ccccc12. The predicted molar refractivity (Wildman–Crippen MR) is 109 cm³/mol. The first-order valence-corrected chi connectivity index (χ1v) is 8.30. The molecule has 0 spiro atoms. The highest BCUT2D eigenvalue weighted by atomic mass is 32.1. The summed E-state index contributed by atoms with van der Waals surface area (Å²) in [5.74, 6) is 0.729. The van der Waals surface area contributed by atoms with Gasteiger partial charge < -0.3 is 10.1 Å². The molecule has 0 atom stereocenters. The van der Waals surface area contributed by atoms with Gasteiger partial charge in [0.15, 0.2) is 5.11 Å². The number of hydrogen-bond donors (Lipinski definition) is 2. The molecule has 2 N–H and O–H groups in total. The molecule has 0 heterocycles. The standard InChI is InChI=1S/C20H19N3OS/c1-14-10-11-19(24-2)18(12-14)22-20(25)23-21-13-16-8-5-7-15-6-3-4-9-17(15)16/h3-13H,1-2H3,(H2,22,23,25)/b21-13-. The molecule has 0 saturated carbocycles. The van der Waals surface area contributed by atoms with Gasteiger partial charge >= 0.3 is 0 Å². The molecule has 0 radical (unpaired) electrons. The molecule has 3 aromatic carbocycles. The van der Waals surface area contributed by atoms with Crippen LogP contribution in [0.2, 0.25) is 0 Å². The summed E-state index contributed by atoms with van der Waals surface area (Å²) in [4.78, 5) is 0. The first-order valence-electron chi connectivity index (χ1n) is 7.90. The monoisotopic (exact) mass is 349 g/mol. The van der Waals surface area contributed by atoms with Gasteiger partial charge in [-0.1, -0.05) is 48.5 Å². The number of aryl methyl sites for hydroxylation is 1. The Morgan fingerprint density at radius 2 is 1.88 bits per heavy atom. The third kappa shape index (κ3) is 4.14. The molecule has 0 aliphatic carbocycles. The summed E-state index contributed by atoms with van der Waals surface area (Å²) in [6.45, 7) is 2.01. The normalized spacial score (nSPS) is 10.8. The Morgan fingerprint density at radius 1 is 1.08 bits per heavy atom. The number of hydrazone groups is 1. The van der Waals surface area contributed by atoms with Crippen LogP contribution in [0.25, 0.3) is 10.8 Å². The second-order valence-corrected chi connectivity index (χ2v) is 6.00. The van der Waals surface area contributed by atoms with Crippen molar-refractivity contribution in [3.05, 3.63) is 71.8 Å². The van der Waals surface area contributed by atoms with Gasteiger partial charge in [0, 0.05) is 5.56 Å². The van der Waals surface area contributed by atoms with E-state index in [0.29, 0.717) is 5.11 Å². The lowest BCUT2D eigenvalue weighted by Crippen LogP contribution is -2.24. The Hall–Kier alpha value is -2.92. The number of benzene rings is 3. The van der Waals surface area contributed by atoms with E-state index in [-0.39, 0.29) is 0 Å². The highest BCUT2D eigenvalue weighted by Gasteiger charge is 2.04. The van der Waals surface area contributed by atoms with Crippen molar-refractivity contribution in [2.45, 2.75) is 6.92 Å². The van der Waals surface area contributed by atoms with Crippen LogP contribution in [0.1, 0.15) is 11.1 Å². The Labute approximate surface area is 152 Å². The molecule has 0 aliphatic rings. The van der Waals surface area contributed by atoms with Gasteiger partial charge in [0.25, 0.3) is 0 Å². The molecule has 5 heteroatoms. The summed E-state index contributed by atoms with van der Waals surface area (Å²) in [5.41, 5.74) is 5.80. The number of hydrogen-bond acceptors (Lipinski definition) is 3. The lowest BCUT2D eigenvalue weighted by molar-refractivity contribution is 0.417. The van der Waals surface area contributed by atoms with Crippen LogP contribution in [0.4, 0.5) is 5.69 Å². The Balaban J connectivity index is 1.70. The van der Waals surface area contributed by atoms with Crippen LogP contribution >= 0.6 is 12.2 Å². The highest BCUT2D eigenvalue weighted by molar-refractivity contribution is 7.80. The zero-order valence-corrected chi connectivity index (χ0v) is 14.9. The first kappa shape index (κ1) is 16.9. The maximum atomic E-state index is 5.33. The molecule has 3 rings (SSSR count). The van der Waals surface area contributed by atoms with Crippen LogP contribution in [0.15, 0.2) is 65.8 Å². The van der Waals surface area contributed by atoms with Crippen molar-refractivity contribution in [3.8, 4) is 5.75 Å². The van der Waals surface area contributed by atoms with E-state index in [9.17, 15) is 0 Å². The summed E-state index contributed by atoms with van der Waals surface area (Å²) < 4.78 is 5.33. The molecule has 0 fully saturated rings. The fourth-order valence-electron chi connectivity index (χ4n) is 2.59. The molecular weight excluding hydrogens is 330 g/mol. The van der Waals surface area contributed by atoms with Crippen molar-refractivity contribution in [3.63, 3.8) is 0 Å². The molecule has 0 saturated heterocycles. The van der Waals surface area contributed by atoms with E-state index in [1.54, 1.807) is 13.3 Å². The Kier molecular flexibility index (Phi) is 5.26. The molecular formula is C20H19N3OS. The molecule has 126 valence electrons. The van der Waals surface area contributed by atoms with Crippen LogP contribution in [-0.2, 0) is 0 Å². The third-order valence-electron chi connectivity index (χ3n) is 3.80. The smallest absolute Gasteiger partial charge is 0.191 e. The van der Waals surface area contributed by atoms with E-state index >= 15 is 0 Å². The van der Waals surface area contributed by atoms with Gasteiger partial charge in [-0.05, 0) is 47.6 Å². The number of anilines is 1. The first-order chi connectivity index (χ1) is 12.2. The average Bonchev–Trinajstić information content (AvgIpc) is 2.62. The number of nitrogens with zero attached hydrogens (tertiary/aromatic N) is 1. The summed E-state index contributed by atoms with van der Waals surface area (Å²) in [6.07, 6.45) is 1.77. The Bertz CT molecular complexity index is 932. The summed E-state index contributed by atoms with van der Waals surface area (Å²) >= 11 is 5.31. The zero-order chi connectivity index (χ0) is 17.6. The van der Waals surface area contributed by atoms with Crippen molar-refractivity contribution in [1.29, 1.82) is 0 Å². The molecule has 0 amide bonds. The van der Waals surface area contributed by atoms with Gasteiger partial charge in [-0.15, -0.1) is 0 Å². The van der Waals surface area contributed by atoms with Gasteiger partial charge in [0.1, 0.15) is 5.75 Å². The van der Waals surface area contributed by atoms with E-state index in [1.807, 2.05) is 49.4 Å². The van der Waals surface area contributed by atoms with Gasteiger partial charge in [-0.3, -0.25) is 5.43 Å². The number of fused-ring (bicyclic) bond motifs is 1. The predicted octanol–water partition coefficient (Wildman–Crippen LogP) is 4.48. The number of thiocarbonyl (C=S) groups is 1. The lowest BCUT2D eigenvalue weighted by atomic mass is 10.1. The topological polar surface area (TPSA) is 45.6 Å². The number of methoxy groups -OCH3 is 1. The average molecular weight is 349 g/mol. The van der Waals surface area contributed by atoms with Crippen LogP contribution in [0.3, 0.4) is 0 Å². The molecule has 4 nitrogen and oxygen atoms in total. The van der Waals surface area contributed by atoms with Gasteiger partial charge in [0.2, 0.25) is 0 Å². The minimum Gasteiger partial charge on any atom is -0.495 e. The lowest BCUT2D eigenvalue weighted by Gasteiger charge is -2.12. The maximum Gasteiger partial charge on any atom is 0.191 e. The number of nitrogens with one attached hydrogen (secondary N) is 2. The van der Waals surface area contributed by atoms with Crippen molar-refractivity contribution in [1.82, 2.24) is 5.43 Å². The highest BCUT2D eigenvalue weighted by Crippen LogP contribution is 2.25. The van der Waals surface area contributed by atoms with E-state index in [2.05, 4.69) is 34.0 Å². The molecule has 0 aromatic heterocycles. The molecule has 0 aliphatic heterocycles. The molecule has 25 heavy (non-hydrogen) atoms. The quantitative estimate of drug-likeness (QED) is 0.414. The van der Waals surface area contributed by atoms with E-state index < -0.39 is 0 Å². The van der Waals surface area contributed by atoms with Crippen molar-refractivity contribution >= 4 is 40.0 Å². The van der Waals surface area contributed by atoms with Crippen LogP contribution in [-0.4, -0.2) is 18.4 Å². The fourth-order valence-corrected chi connectivity index (χ4v) is 2.76. The summed E-state index contributed by atoms with van der Waals surface area (Å²) in [5, 5.41) is 10.1. The second-order valence-electron chi connectivity index (χ2n) is 5.60.